The van der Waals surface area contributed by atoms with Crippen LogP contribution in [0.15, 0.2) is 60.7 Å². The van der Waals surface area contributed by atoms with Crippen molar-refractivity contribution in [2.45, 2.75) is 0 Å². The van der Waals surface area contributed by atoms with Crippen LogP contribution >= 0.6 is 11.6 Å². The second kappa shape index (κ2) is 6.55. The molecule has 0 fully saturated rings. The molecule has 0 radical (unpaired) electrons. The predicted octanol–water partition coefficient (Wildman–Crippen LogP) is 5.01. The average Bonchev–Trinajstić information content (AvgIpc) is 2.56. The van der Waals surface area contributed by atoms with Gasteiger partial charge < -0.3 is 4.74 Å². The normalized spacial score (nSPS) is 10.4. The zero-order valence-corrected chi connectivity index (χ0v) is 13.0. The standard InChI is InChI=1S/C17H11ClN2O4/c18-15-8-6-13(20(22)23)10-16(15)19-17(21)24-14-7-5-11-3-1-2-4-12(11)9-14/h1-10H,(H,19,21). The smallest absolute Gasteiger partial charge is 0.410 e. The lowest BCUT2D eigenvalue weighted by Crippen LogP contribution is -2.17. The van der Waals surface area contributed by atoms with Crippen molar-refractivity contribution < 1.29 is 14.5 Å². The van der Waals surface area contributed by atoms with Crippen LogP contribution in [0.4, 0.5) is 16.2 Å². The molecular weight excluding hydrogens is 332 g/mol. The summed E-state index contributed by atoms with van der Waals surface area (Å²) in [6.45, 7) is 0. The van der Waals surface area contributed by atoms with Crippen LogP contribution in [0.5, 0.6) is 5.75 Å². The van der Waals surface area contributed by atoms with E-state index in [1.807, 2.05) is 30.3 Å². The molecule has 0 spiro atoms. The number of carbonyl (C=O) groups is 1. The van der Waals surface area contributed by atoms with E-state index in [0.717, 1.165) is 10.8 Å². The average molecular weight is 343 g/mol. The molecule has 3 aromatic rings. The summed E-state index contributed by atoms with van der Waals surface area (Å²) >= 11 is 5.93. The Labute approximate surface area is 141 Å². The van der Waals surface area contributed by atoms with Gasteiger partial charge in [-0.3, -0.25) is 15.4 Å². The highest BCUT2D eigenvalue weighted by molar-refractivity contribution is 6.33. The molecule has 0 saturated carbocycles. The number of carbonyl (C=O) groups excluding carboxylic acids is 1. The highest BCUT2D eigenvalue weighted by Gasteiger charge is 2.13. The molecule has 1 N–H and O–H groups in total. The number of nitro groups is 1. The Morgan fingerprint density at radius 3 is 2.54 bits per heavy atom. The largest absolute Gasteiger partial charge is 0.417 e. The van der Waals surface area contributed by atoms with Gasteiger partial charge in [0.25, 0.3) is 5.69 Å². The first-order valence-electron chi connectivity index (χ1n) is 6.94. The first-order valence-corrected chi connectivity index (χ1v) is 7.32. The summed E-state index contributed by atoms with van der Waals surface area (Å²) in [6, 6.07) is 16.6. The number of nitro benzene ring substituents is 1. The SMILES string of the molecule is O=C(Nc1cc([N+](=O)[O-])ccc1Cl)Oc1ccc2ccccc2c1. The van der Waals surface area contributed by atoms with Crippen molar-refractivity contribution in [2.75, 3.05) is 5.32 Å². The molecule has 3 rings (SSSR count). The molecule has 0 aliphatic heterocycles. The molecule has 0 atom stereocenters. The third-order valence-electron chi connectivity index (χ3n) is 3.33. The summed E-state index contributed by atoms with van der Waals surface area (Å²) in [5.41, 5.74) is -0.0722. The summed E-state index contributed by atoms with van der Waals surface area (Å²) in [5, 5.41) is 15.3. The van der Waals surface area contributed by atoms with Gasteiger partial charge in [0, 0.05) is 12.1 Å². The molecular formula is C17H11ClN2O4. The summed E-state index contributed by atoms with van der Waals surface area (Å²) in [7, 11) is 0. The van der Waals surface area contributed by atoms with E-state index in [0.29, 0.717) is 5.75 Å². The first kappa shape index (κ1) is 15.8. The minimum absolute atomic E-state index is 0.108. The number of benzene rings is 3. The number of ether oxygens (including phenoxy) is 1. The van der Waals surface area contributed by atoms with Gasteiger partial charge in [-0.05, 0) is 29.0 Å². The zero-order valence-electron chi connectivity index (χ0n) is 12.2. The van der Waals surface area contributed by atoms with Crippen molar-refractivity contribution in [1.82, 2.24) is 0 Å². The second-order valence-electron chi connectivity index (χ2n) is 4.94. The van der Waals surface area contributed by atoms with Gasteiger partial charge in [0.1, 0.15) is 5.75 Å². The molecule has 0 bridgehead atoms. The maximum Gasteiger partial charge on any atom is 0.417 e. The summed E-state index contributed by atoms with van der Waals surface area (Å²) < 4.78 is 5.20. The third-order valence-corrected chi connectivity index (χ3v) is 3.66. The fourth-order valence-electron chi connectivity index (χ4n) is 2.20. The minimum Gasteiger partial charge on any atom is -0.410 e. The Balaban J connectivity index is 1.77. The Hall–Kier alpha value is -3.12. The van der Waals surface area contributed by atoms with E-state index in [9.17, 15) is 14.9 Å². The summed E-state index contributed by atoms with van der Waals surface area (Å²) in [5.74, 6) is 0.354. The lowest BCUT2D eigenvalue weighted by Gasteiger charge is -2.08. The van der Waals surface area contributed by atoms with Crippen molar-refractivity contribution in [3.63, 3.8) is 0 Å². The van der Waals surface area contributed by atoms with Crippen LogP contribution in [0.25, 0.3) is 10.8 Å². The number of hydrogen-bond acceptors (Lipinski definition) is 4. The zero-order chi connectivity index (χ0) is 17.1. The molecule has 0 heterocycles. The van der Waals surface area contributed by atoms with E-state index in [1.54, 1.807) is 12.1 Å². The molecule has 120 valence electrons. The summed E-state index contributed by atoms with van der Waals surface area (Å²) in [4.78, 5) is 22.2. The molecule has 0 saturated heterocycles. The van der Waals surface area contributed by atoms with Crippen LogP contribution in [0.1, 0.15) is 0 Å². The molecule has 6 nitrogen and oxygen atoms in total. The number of amides is 1. The van der Waals surface area contributed by atoms with E-state index in [2.05, 4.69) is 5.32 Å². The van der Waals surface area contributed by atoms with Gasteiger partial charge >= 0.3 is 6.09 Å². The lowest BCUT2D eigenvalue weighted by atomic mass is 10.1. The molecule has 7 heteroatoms. The van der Waals surface area contributed by atoms with Gasteiger partial charge in [-0.1, -0.05) is 41.9 Å². The van der Waals surface area contributed by atoms with Crippen LogP contribution in [0.2, 0.25) is 5.02 Å². The van der Waals surface area contributed by atoms with Gasteiger partial charge in [-0.25, -0.2) is 4.79 Å². The van der Waals surface area contributed by atoms with E-state index >= 15 is 0 Å². The van der Waals surface area contributed by atoms with Gasteiger partial charge in [-0.2, -0.15) is 0 Å². The van der Waals surface area contributed by atoms with Crippen LogP contribution in [-0.4, -0.2) is 11.0 Å². The van der Waals surface area contributed by atoms with Crippen LogP contribution in [0.3, 0.4) is 0 Å². The van der Waals surface area contributed by atoms with E-state index in [-0.39, 0.29) is 16.4 Å². The fraction of sp³-hybridized carbons (Fsp3) is 0. The maximum atomic E-state index is 12.0. The fourth-order valence-corrected chi connectivity index (χ4v) is 2.36. The number of non-ortho nitro benzene ring substituents is 1. The monoisotopic (exact) mass is 342 g/mol. The number of hydrogen-bond donors (Lipinski definition) is 1. The molecule has 3 aromatic carbocycles. The Morgan fingerprint density at radius 1 is 1.04 bits per heavy atom. The molecule has 24 heavy (non-hydrogen) atoms. The minimum atomic E-state index is -0.785. The summed E-state index contributed by atoms with van der Waals surface area (Å²) in [6.07, 6.45) is -0.785. The van der Waals surface area contributed by atoms with Crippen molar-refractivity contribution in [3.05, 3.63) is 75.8 Å². The molecule has 0 unspecified atom stereocenters. The van der Waals surface area contributed by atoms with Crippen molar-refractivity contribution in [3.8, 4) is 5.75 Å². The van der Waals surface area contributed by atoms with E-state index in [4.69, 9.17) is 16.3 Å². The maximum absolute atomic E-state index is 12.0. The van der Waals surface area contributed by atoms with Crippen molar-refractivity contribution in [1.29, 1.82) is 0 Å². The highest BCUT2D eigenvalue weighted by atomic mass is 35.5. The van der Waals surface area contributed by atoms with Gasteiger partial charge in [0.15, 0.2) is 0 Å². The lowest BCUT2D eigenvalue weighted by molar-refractivity contribution is -0.384. The van der Waals surface area contributed by atoms with Gasteiger partial charge in [0.05, 0.1) is 15.6 Å². The molecule has 1 amide bonds. The number of fused-ring (bicyclic) bond motifs is 1. The molecule has 0 aromatic heterocycles. The van der Waals surface area contributed by atoms with Crippen LogP contribution in [0, 0.1) is 10.1 Å². The predicted molar refractivity (Wildman–Crippen MR) is 91.7 cm³/mol. The van der Waals surface area contributed by atoms with Gasteiger partial charge in [-0.15, -0.1) is 0 Å². The third kappa shape index (κ3) is 3.44. The topological polar surface area (TPSA) is 81.5 Å². The number of halogens is 1. The van der Waals surface area contributed by atoms with Gasteiger partial charge in [0.2, 0.25) is 0 Å². The number of nitrogens with zero attached hydrogens (tertiary/aromatic N) is 1. The van der Waals surface area contributed by atoms with E-state index < -0.39 is 11.0 Å². The van der Waals surface area contributed by atoms with Crippen molar-refractivity contribution in [2.24, 2.45) is 0 Å². The Morgan fingerprint density at radius 2 is 1.79 bits per heavy atom. The Bertz CT molecular complexity index is 943. The Kier molecular flexibility index (Phi) is 4.31. The molecule has 0 aliphatic rings. The van der Waals surface area contributed by atoms with Crippen LogP contribution < -0.4 is 10.1 Å². The first-order chi connectivity index (χ1) is 11.5. The number of anilines is 1. The van der Waals surface area contributed by atoms with Crippen molar-refractivity contribution >= 4 is 39.8 Å². The second-order valence-corrected chi connectivity index (χ2v) is 5.35. The van der Waals surface area contributed by atoms with E-state index in [1.165, 1.54) is 18.2 Å². The number of nitrogens with one attached hydrogen (secondary N) is 1. The molecule has 0 aliphatic carbocycles. The highest BCUT2D eigenvalue weighted by Crippen LogP contribution is 2.27. The van der Waals surface area contributed by atoms with Crippen LogP contribution in [-0.2, 0) is 0 Å². The number of rotatable bonds is 3. The quantitative estimate of drug-likeness (QED) is 0.535.